The largest absolute Gasteiger partial charge is 0.394 e. The maximum atomic E-state index is 10.6. The molecule has 1 aromatic heterocycles. The highest BCUT2D eigenvalue weighted by Crippen LogP contribution is 2.25. The van der Waals surface area contributed by atoms with Crippen LogP contribution in [0, 0.1) is 10.1 Å². The molecule has 7 heteroatoms. The molecule has 7 nitrogen and oxygen atoms in total. The van der Waals surface area contributed by atoms with Crippen LogP contribution in [0.5, 0.6) is 0 Å². The van der Waals surface area contributed by atoms with Crippen LogP contribution >= 0.6 is 0 Å². The fourth-order valence-electron chi connectivity index (χ4n) is 1.65. The highest BCUT2D eigenvalue weighted by molar-refractivity contribution is 5.57. The molecule has 0 aliphatic rings. The lowest BCUT2D eigenvalue weighted by molar-refractivity contribution is -0.384. The summed E-state index contributed by atoms with van der Waals surface area (Å²) in [6.07, 6.45) is 1.41. The van der Waals surface area contributed by atoms with Crippen LogP contribution in [-0.4, -0.2) is 27.2 Å². The average Bonchev–Trinajstić information content (AvgIpc) is 2.36. The second-order valence-corrected chi connectivity index (χ2v) is 4.13. The highest BCUT2D eigenvalue weighted by Gasteiger charge is 2.26. The molecule has 18 heavy (non-hydrogen) atoms. The summed E-state index contributed by atoms with van der Waals surface area (Å²) in [6.45, 7) is 3.85. The van der Waals surface area contributed by atoms with Gasteiger partial charge < -0.3 is 16.2 Å². The zero-order valence-corrected chi connectivity index (χ0v) is 10.5. The lowest BCUT2D eigenvalue weighted by Crippen LogP contribution is -2.41. The van der Waals surface area contributed by atoms with Crippen LogP contribution in [0.3, 0.4) is 0 Å². The van der Waals surface area contributed by atoms with E-state index in [2.05, 4.69) is 10.3 Å². The molecule has 0 atom stereocenters. The Balaban J connectivity index is 2.98. The molecule has 0 amide bonds. The molecule has 4 N–H and O–H groups in total. The predicted molar refractivity (Wildman–Crippen MR) is 69.3 cm³/mol. The molecule has 0 unspecified atom stereocenters. The van der Waals surface area contributed by atoms with Crippen molar-refractivity contribution < 1.29 is 10.0 Å². The summed E-state index contributed by atoms with van der Waals surface area (Å²) in [6, 6.07) is 2.79. The number of nitrogens with one attached hydrogen (secondary N) is 1. The van der Waals surface area contributed by atoms with Crippen LogP contribution < -0.4 is 11.1 Å². The number of rotatable bonds is 6. The minimum absolute atomic E-state index is 0.0431. The van der Waals surface area contributed by atoms with Crippen LogP contribution in [0.1, 0.15) is 26.7 Å². The van der Waals surface area contributed by atoms with Crippen molar-refractivity contribution >= 4 is 17.3 Å². The molecule has 0 saturated heterocycles. The van der Waals surface area contributed by atoms with Crippen molar-refractivity contribution in [1.82, 2.24) is 4.98 Å². The van der Waals surface area contributed by atoms with E-state index in [1.807, 2.05) is 13.8 Å². The number of nitrogens with zero attached hydrogens (tertiary/aromatic N) is 2. The van der Waals surface area contributed by atoms with Crippen molar-refractivity contribution in [3.05, 3.63) is 22.2 Å². The zero-order chi connectivity index (χ0) is 13.8. The minimum Gasteiger partial charge on any atom is -0.394 e. The van der Waals surface area contributed by atoms with Crippen molar-refractivity contribution in [3.63, 3.8) is 0 Å². The Morgan fingerprint density at radius 1 is 1.50 bits per heavy atom. The van der Waals surface area contributed by atoms with Gasteiger partial charge >= 0.3 is 5.69 Å². The fourth-order valence-corrected chi connectivity index (χ4v) is 1.65. The van der Waals surface area contributed by atoms with E-state index in [4.69, 9.17) is 5.73 Å². The normalized spacial score (nSPS) is 11.3. The zero-order valence-electron chi connectivity index (χ0n) is 10.5. The van der Waals surface area contributed by atoms with E-state index >= 15 is 0 Å². The van der Waals surface area contributed by atoms with E-state index in [9.17, 15) is 15.2 Å². The van der Waals surface area contributed by atoms with Gasteiger partial charge in [-0.1, -0.05) is 13.8 Å². The summed E-state index contributed by atoms with van der Waals surface area (Å²) in [4.78, 5) is 14.0. The number of anilines is 2. The molecule has 0 bridgehead atoms. The molecule has 0 radical (unpaired) electrons. The summed E-state index contributed by atoms with van der Waals surface area (Å²) in [5.41, 5.74) is 4.81. The third-order valence-corrected chi connectivity index (χ3v) is 3.15. The average molecular weight is 254 g/mol. The molecule has 1 aromatic rings. The van der Waals surface area contributed by atoms with Gasteiger partial charge in [-0.15, -0.1) is 0 Å². The van der Waals surface area contributed by atoms with Crippen molar-refractivity contribution in [3.8, 4) is 0 Å². The second kappa shape index (κ2) is 5.63. The Bertz CT molecular complexity index is 424. The number of nitro groups is 1. The number of aromatic nitrogens is 1. The number of aliphatic hydroxyl groups excluding tert-OH is 1. The van der Waals surface area contributed by atoms with Gasteiger partial charge in [0.25, 0.3) is 0 Å². The van der Waals surface area contributed by atoms with E-state index in [1.165, 1.54) is 12.1 Å². The first-order valence-corrected chi connectivity index (χ1v) is 5.78. The van der Waals surface area contributed by atoms with Crippen LogP contribution in [-0.2, 0) is 0 Å². The number of aliphatic hydroxyl groups is 1. The van der Waals surface area contributed by atoms with Crippen molar-refractivity contribution in [1.29, 1.82) is 0 Å². The van der Waals surface area contributed by atoms with E-state index < -0.39 is 10.5 Å². The number of nitrogen functional groups attached to an aromatic ring is 1. The number of hydrogen-bond acceptors (Lipinski definition) is 6. The van der Waals surface area contributed by atoms with Gasteiger partial charge in [-0.05, 0) is 18.9 Å². The Morgan fingerprint density at radius 2 is 2.11 bits per heavy atom. The molecule has 0 aliphatic heterocycles. The minimum atomic E-state index is -0.578. The lowest BCUT2D eigenvalue weighted by Gasteiger charge is -2.31. The summed E-state index contributed by atoms with van der Waals surface area (Å²) < 4.78 is 0. The molecule has 0 saturated carbocycles. The Labute approximate surface area is 105 Å². The molecule has 1 heterocycles. The first kappa shape index (κ1) is 14.2. The fraction of sp³-hybridized carbons (Fsp3) is 0.545. The topological polar surface area (TPSA) is 114 Å². The maximum Gasteiger partial charge on any atom is 0.311 e. The smallest absolute Gasteiger partial charge is 0.311 e. The van der Waals surface area contributed by atoms with Crippen molar-refractivity contribution in [2.45, 2.75) is 32.2 Å². The Morgan fingerprint density at radius 3 is 2.50 bits per heavy atom. The van der Waals surface area contributed by atoms with Crippen molar-refractivity contribution in [2.24, 2.45) is 0 Å². The monoisotopic (exact) mass is 254 g/mol. The van der Waals surface area contributed by atoms with E-state index in [0.717, 1.165) is 0 Å². The van der Waals surface area contributed by atoms with E-state index in [-0.39, 0.29) is 18.1 Å². The second-order valence-electron chi connectivity index (χ2n) is 4.13. The van der Waals surface area contributed by atoms with Gasteiger partial charge in [0, 0.05) is 6.07 Å². The maximum absolute atomic E-state index is 10.6. The van der Waals surface area contributed by atoms with Gasteiger partial charge in [0.05, 0.1) is 17.1 Å². The Hall–Kier alpha value is -1.89. The van der Waals surface area contributed by atoms with Gasteiger partial charge in [0.1, 0.15) is 5.82 Å². The standard InChI is InChI=1S/C11H18N4O3/c1-3-11(4-2,7-16)14-9-6-5-8(15(17)18)10(12)13-9/h5-6,16H,3-4,7H2,1-2H3,(H3,12,13,14). The first-order valence-electron chi connectivity index (χ1n) is 5.78. The Kier molecular flexibility index (Phi) is 4.43. The number of hydrogen-bond donors (Lipinski definition) is 3. The SMILES string of the molecule is CCC(CC)(CO)Nc1ccc([N+](=O)[O-])c(N)n1. The summed E-state index contributed by atoms with van der Waals surface area (Å²) in [5.74, 6) is 0.292. The molecule has 100 valence electrons. The molecular weight excluding hydrogens is 236 g/mol. The van der Waals surface area contributed by atoms with Crippen LogP contribution in [0.25, 0.3) is 0 Å². The van der Waals surface area contributed by atoms with Gasteiger partial charge in [-0.2, -0.15) is 0 Å². The summed E-state index contributed by atoms with van der Waals surface area (Å²) in [5, 5.41) is 23.1. The molecule has 0 aliphatic carbocycles. The summed E-state index contributed by atoms with van der Waals surface area (Å²) >= 11 is 0. The third kappa shape index (κ3) is 2.86. The quantitative estimate of drug-likeness (QED) is 0.524. The summed E-state index contributed by atoms with van der Waals surface area (Å²) in [7, 11) is 0. The number of nitrogens with two attached hydrogens (primary N) is 1. The third-order valence-electron chi connectivity index (χ3n) is 3.15. The van der Waals surface area contributed by atoms with E-state index in [1.54, 1.807) is 0 Å². The highest BCUT2D eigenvalue weighted by atomic mass is 16.6. The van der Waals surface area contributed by atoms with Gasteiger partial charge in [0.2, 0.25) is 5.82 Å². The van der Waals surface area contributed by atoms with Crippen LogP contribution in [0.15, 0.2) is 12.1 Å². The molecule has 0 fully saturated rings. The predicted octanol–water partition coefficient (Wildman–Crippen LogP) is 1.53. The van der Waals surface area contributed by atoms with Gasteiger partial charge in [-0.25, -0.2) is 4.98 Å². The van der Waals surface area contributed by atoms with Crippen molar-refractivity contribution in [2.75, 3.05) is 17.7 Å². The van der Waals surface area contributed by atoms with E-state index in [0.29, 0.717) is 18.7 Å². The molecule has 0 spiro atoms. The van der Waals surface area contributed by atoms with Gasteiger partial charge in [-0.3, -0.25) is 10.1 Å². The number of pyridine rings is 1. The van der Waals surface area contributed by atoms with Crippen LogP contribution in [0.2, 0.25) is 0 Å². The molecular formula is C11H18N4O3. The molecule has 0 aromatic carbocycles. The lowest BCUT2D eigenvalue weighted by atomic mass is 9.94. The first-order chi connectivity index (χ1) is 8.48. The van der Waals surface area contributed by atoms with Gasteiger partial charge in [0.15, 0.2) is 0 Å². The van der Waals surface area contributed by atoms with Crippen LogP contribution in [0.4, 0.5) is 17.3 Å². The molecule has 1 rings (SSSR count).